The number of nitrogens with one attached hydrogen (secondary N) is 1. The smallest absolute Gasteiger partial charge is 0.229 e. The summed E-state index contributed by atoms with van der Waals surface area (Å²) in [5, 5.41) is 5.56. The quantitative estimate of drug-likeness (QED) is 0.794. The monoisotopic (exact) mass is 381 g/mol. The van der Waals surface area contributed by atoms with Crippen LogP contribution >= 0.6 is 23.7 Å². The number of ether oxygens (including phenoxy) is 1. The first-order valence-electron chi connectivity index (χ1n) is 8.41. The van der Waals surface area contributed by atoms with Crippen molar-refractivity contribution in [1.82, 2.24) is 4.98 Å². The molecule has 0 spiro atoms. The van der Waals surface area contributed by atoms with Gasteiger partial charge in [-0.1, -0.05) is 6.42 Å². The van der Waals surface area contributed by atoms with Crippen LogP contribution in [0, 0.1) is 11.8 Å². The molecule has 7 heteroatoms. The highest BCUT2D eigenvalue weighted by atomic mass is 35.5. The number of halogens is 1. The molecular weight excluding hydrogens is 358 g/mol. The van der Waals surface area contributed by atoms with Gasteiger partial charge >= 0.3 is 0 Å². The Morgan fingerprint density at radius 3 is 2.80 bits per heavy atom. The molecule has 1 aliphatic rings. The second kappa shape index (κ2) is 9.17. The van der Waals surface area contributed by atoms with Crippen molar-refractivity contribution < 1.29 is 9.53 Å². The number of carbonyl (C=O) groups excluding carboxylic acids is 1. The Bertz CT molecular complexity index is 690. The molecule has 3 N–H and O–H groups in total. The van der Waals surface area contributed by atoms with E-state index in [0.717, 1.165) is 36.3 Å². The average Bonchev–Trinajstić information content (AvgIpc) is 3.24. The van der Waals surface area contributed by atoms with Crippen LogP contribution in [0.15, 0.2) is 29.6 Å². The van der Waals surface area contributed by atoms with Crippen molar-refractivity contribution in [3.05, 3.63) is 29.6 Å². The summed E-state index contributed by atoms with van der Waals surface area (Å²) in [6.45, 7) is 3.19. The topological polar surface area (TPSA) is 77.2 Å². The van der Waals surface area contributed by atoms with E-state index in [-0.39, 0.29) is 24.2 Å². The number of aromatic nitrogens is 1. The number of carbonyl (C=O) groups is 1. The minimum atomic E-state index is 0. The van der Waals surface area contributed by atoms with Crippen molar-refractivity contribution >= 4 is 34.8 Å². The molecule has 1 heterocycles. The minimum absolute atomic E-state index is 0. The number of anilines is 1. The molecule has 2 atom stereocenters. The van der Waals surface area contributed by atoms with Crippen LogP contribution in [0.4, 0.5) is 5.13 Å². The summed E-state index contributed by atoms with van der Waals surface area (Å²) in [4.78, 5) is 17.0. The maximum Gasteiger partial charge on any atom is 0.229 e. The molecule has 0 aliphatic heterocycles. The Labute approximate surface area is 158 Å². The molecule has 136 valence electrons. The Morgan fingerprint density at radius 1 is 1.36 bits per heavy atom. The highest BCUT2D eigenvalue weighted by Crippen LogP contribution is 2.33. The highest BCUT2D eigenvalue weighted by molar-refractivity contribution is 7.14. The maximum absolute atomic E-state index is 12.4. The second-order valence-corrected chi connectivity index (χ2v) is 6.88. The fourth-order valence-electron chi connectivity index (χ4n) is 3.21. The zero-order valence-electron chi connectivity index (χ0n) is 14.2. The van der Waals surface area contributed by atoms with E-state index in [2.05, 4.69) is 10.3 Å². The van der Waals surface area contributed by atoms with Gasteiger partial charge in [0.05, 0.1) is 12.3 Å². The largest absolute Gasteiger partial charge is 0.494 e. The highest BCUT2D eigenvalue weighted by Gasteiger charge is 2.32. The number of nitrogens with zero attached hydrogens (tertiary/aromatic N) is 1. The molecular formula is C18H24ClN3O2S. The summed E-state index contributed by atoms with van der Waals surface area (Å²) in [5.74, 6) is 1.22. The van der Waals surface area contributed by atoms with Gasteiger partial charge in [0, 0.05) is 16.9 Å². The summed E-state index contributed by atoms with van der Waals surface area (Å²) in [7, 11) is 0. The van der Waals surface area contributed by atoms with Crippen LogP contribution in [-0.2, 0) is 4.79 Å². The van der Waals surface area contributed by atoms with Gasteiger partial charge in [-0.15, -0.1) is 23.7 Å². The van der Waals surface area contributed by atoms with Gasteiger partial charge in [-0.3, -0.25) is 4.79 Å². The average molecular weight is 382 g/mol. The van der Waals surface area contributed by atoms with Gasteiger partial charge in [-0.2, -0.15) is 0 Å². The third-order valence-electron chi connectivity index (χ3n) is 4.49. The fraction of sp³-hybridized carbons (Fsp3) is 0.444. The van der Waals surface area contributed by atoms with Crippen molar-refractivity contribution in [2.24, 2.45) is 17.6 Å². The minimum Gasteiger partial charge on any atom is -0.494 e. The van der Waals surface area contributed by atoms with Gasteiger partial charge in [-0.25, -0.2) is 4.98 Å². The SMILES string of the molecule is CCOc1ccc(-c2csc(NC(=O)[C@@H]3CCC[C@@H]3CN)n2)cc1.Cl. The third kappa shape index (κ3) is 4.71. The summed E-state index contributed by atoms with van der Waals surface area (Å²) >= 11 is 1.45. The van der Waals surface area contributed by atoms with Crippen molar-refractivity contribution in [2.75, 3.05) is 18.5 Å². The second-order valence-electron chi connectivity index (χ2n) is 6.02. The van der Waals surface area contributed by atoms with Crippen LogP contribution < -0.4 is 15.8 Å². The van der Waals surface area contributed by atoms with Crippen LogP contribution in [0.3, 0.4) is 0 Å². The molecule has 2 aromatic rings. The predicted molar refractivity (Wildman–Crippen MR) is 104 cm³/mol. The summed E-state index contributed by atoms with van der Waals surface area (Å²) in [6.07, 6.45) is 3.05. The number of nitrogens with two attached hydrogens (primary N) is 1. The molecule has 0 saturated heterocycles. The van der Waals surface area contributed by atoms with Gasteiger partial charge in [0.1, 0.15) is 5.75 Å². The van der Waals surface area contributed by atoms with Crippen LogP contribution in [0.5, 0.6) is 5.75 Å². The van der Waals surface area contributed by atoms with E-state index < -0.39 is 0 Å². The van der Waals surface area contributed by atoms with E-state index in [1.165, 1.54) is 11.3 Å². The molecule has 1 aromatic carbocycles. The molecule has 0 unspecified atom stereocenters. The molecule has 0 bridgehead atoms. The molecule has 1 aliphatic carbocycles. The van der Waals surface area contributed by atoms with Crippen LogP contribution in [0.25, 0.3) is 11.3 Å². The van der Waals surface area contributed by atoms with Crippen LogP contribution in [0.1, 0.15) is 26.2 Å². The van der Waals surface area contributed by atoms with Crippen molar-refractivity contribution in [3.63, 3.8) is 0 Å². The molecule has 1 fully saturated rings. The number of thiazole rings is 1. The Kier molecular flexibility index (Phi) is 7.23. The molecule has 5 nitrogen and oxygen atoms in total. The predicted octanol–water partition coefficient (Wildman–Crippen LogP) is 3.94. The summed E-state index contributed by atoms with van der Waals surface area (Å²) in [6, 6.07) is 7.82. The summed E-state index contributed by atoms with van der Waals surface area (Å²) < 4.78 is 5.45. The van der Waals surface area contributed by atoms with Gasteiger partial charge in [-0.05, 0) is 56.5 Å². The zero-order chi connectivity index (χ0) is 16.9. The molecule has 25 heavy (non-hydrogen) atoms. The molecule has 0 radical (unpaired) electrons. The molecule has 1 saturated carbocycles. The zero-order valence-corrected chi connectivity index (χ0v) is 15.9. The lowest BCUT2D eigenvalue weighted by molar-refractivity contribution is -0.120. The molecule has 1 amide bonds. The number of hydrogen-bond donors (Lipinski definition) is 2. The van der Waals surface area contributed by atoms with E-state index in [1.54, 1.807) is 0 Å². The molecule has 1 aromatic heterocycles. The number of rotatable bonds is 6. The number of benzene rings is 1. The van der Waals surface area contributed by atoms with E-state index in [1.807, 2.05) is 36.6 Å². The first kappa shape index (κ1) is 19.7. The van der Waals surface area contributed by atoms with Gasteiger partial charge < -0.3 is 15.8 Å². The van der Waals surface area contributed by atoms with E-state index in [4.69, 9.17) is 10.5 Å². The lowest BCUT2D eigenvalue weighted by Crippen LogP contribution is -2.29. The Hall–Kier alpha value is -1.63. The van der Waals surface area contributed by atoms with Crippen molar-refractivity contribution in [1.29, 1.82) is 0 Å². The summed E-state index contributed by atoms with van der Waals surface area (Å²) in [5.41, 5.74) is 7.64. The number of amides is 1. The maximum atomic E-state index is 12.4. The lowest BCUT2D eigenvalue weighted by atomic mass is 9.95. The first-order valence-corrected chi connectivity index (χ1v) is 9.29. The normalized spacial score (nSPS) is 19.3. The van der Waals surface area contributed by atoms with E-state index in [9.17, 15) is 4.79 Å². The Balaban J connectivity index is 0.00000225. The van der Waals surface area contributed by atoms with Crippen LogP contribution in [0.2, 0.25) is 0 Å². The van der Waals surface area contributed by atoms with Crippen LogP contribution in [-0.4, -0.2) is 24.0 Å². The molecule has 3 rings (SSSR count). The van der Waals surface area contributed by atoms with Gasteiger partial charge in [0.25, 0.3) is 0 Å². The Morgan fingerprint density at radius 2 is 2.12 bits per heavy atom. The van der Waals surface area contributed by atoms with Crippen molar-refractivity contribution in [3.8, 4) is 17.0 Å². The van der Waals surface area contributed by atoms with E-state index in [0.29, 0.717) is 24.2 Å². The van der Waals surface area contributed by atoms with Gasteiger partial charge in [0.2, 0.25) is 5.91 Å². The van der Waals surface area contributed by atoms with Crippen molar-refractivity contribution in [2.45, 2.75) is 26.2 Å². The third-order valence-corrected chi connectivity index (χ3v) is 5.25. The fourth-order valence-corrected chi connectivity index (χ4v) is 3.94. The first-order chi connectivity index (χ1) is 11.7. The number of hydrogen-bond acceptors (Lipinski definition) is 5. The standard InChI is InChI=1S/C18H23N3O2S.ClH/c1-2-23-14-8-6-12(7-9-14)16-11-24-18(20-16)21-17(22)15-5-3-4-13(15)10-19;/h6-9,11,13,15H,2-5,10,19H2,1H3,(H,20,21,22);1H/t13-,15-;/m1./s1. The van der Waals surface area contributed by atoms with E-state index >= 15 is 0 Å². The lowest BCUT2D eigenvalue weighted by Gasteiger charge is -2.16. The van der Waals surface area contributed by atoms with Gasteiger partial charge in [0.15, 0.2) is 5.13 Å².